The van der Waals surface area contributed by atoms with E-state index in [4.69, 9.17) is 4.74 Å². The molecule has 1 N–H and O–H groups in total. The Morgan fingerprint density at radius 3 is 2.15 bits per heavy atom. The number of H-pyrrole nitrogens is 1. The highest BCUT2D eigenvalue weighted by Crippen LogP contribution is 2.29. The predicted octanol–water partition coefficient (Wildman–Crippen LogP) is 2.92. The van der Waals surface area contributed by atoms with Gasteiger partial charge in [-0.15, -0.1) is 0 Å². The number of carbonyl (C=O) groups is 2. The zero-order chi connectivity index (χ0) is 19.6. The van der Waals surface area contributed by atoms with Crippen LogP contribution in [-0.4, -0.2) is 59.9 Å². The molecule has 0 atom stereocenters. The molecule has 0 bridgehead atoms. The largest absolute Gasteiger partial charge is 0.496 e. The van der Waals surface area contributed by atoms with Crippen molar-refractivity contribution in [3.05, 3.63) is 53.3 Å². The number of benzene rings is 1. The van der Waals surface area contributed by atoms with Gasteiger partial charge in [0, 0.05) is 32.4 Å². The quantitative estimate of drug-likeness (QED) is 0.905. The van der Waals surface area contributed by atoms with Gasteiger partial charge >= 0.3 is 0 Å². The maximum absolute atomic E-state index is 13.1. The number of hydrogen-bond donors (Lipinski definition) is 1. The first kappa shape index (κ1) is 19.0. The minimum Gasteiger partial charge on any atom is -0.496 e. The summed E-state index contributed by atoms with van der Waals surface area (Å²) in [5.74, 6) is 0.502. The highest BCUT2D eigenvalue weighted by atomic mass is 16.5. The van der Waals surface area contributed by atoms with Crippen LogP contribution in [0.2, 0.25) is 0 Å². The highest BCUT2D eigenvalue weighted by molar-refractivity contribution is 5.97. The number of ether oxygens (including phenoxy) is 1. The zero-order valence-electron chi connectivity index (χ0n) is 16.4. The predicted molar refractivity (Wildman–Crippen MR) is 104 cm³/mol. The first-order valence-electron chi connectivity index (χ1n) is 9.21. The standard InChI is InChI=1S/C21H27N3O3/c1-21(2,3)15-7-8-18(27-4)16(14-15)19(25)23-10-12-24(13-11-23)20(26)17-6-5-9-22-17/h5-9,14,22H,10-13H2,1-4H3. The molecule has 2 heterocycles. The van der Waals surface area contributed by atoms with E-state index >= 15 is 0 Å². The van der Waals surface area contributed by atoms with Crippen LogP contribution in [0.5, 0.6) is 5.75 Å². The number of hydrogen-bond acceptors (Lipinski definition) is 3. The molecule has 0 saturated carbocycles. The summed E-state index contributed by atoms with van der Waals surface area (Å²) in [4.78, 5) is 32.0. The van der Waals surface area contributed by atoms with E-state index in [2.05, 4.69) is 25.8 Å². The summed E-state index contributed by atoms with van der Waals surface area (Å²) in [7, 11) is 1.58. The molecule has 1 fully saturated rings. The van der Waals surface area contributed by atoms with Gasteiger partial charge in [0.15, 0.2) is 0 Å². The average molecular weight is 369 g/mol. The minimum atomic E-state index is -0.0531. The van der Waals surface area contributed by atoms with Crippen LogP contribution in [-0.2, 0) is 5.41 Å². The van der Waals surface area contributed by atoms with Crippen molar-refractivity contribution in [2.45, 2.75) is 26.2 Å². The molecular weight excluding hydrogens is 342 g/mol. The van der Waals surface area contributed by atoms with Gasteiger partial charge in [0.2, 0.25) is 0 Å². The van der Waals surface area contributed by atoms with E-state index in [-0.39, 0.29) is 17.2 Å². The lowest BCUT2D eigenvalue weighted by atomic mass is 9.86. The molecular formula is C21H27N3O3. The molecule has 1 aromatic carbocycles. The Hall–Kier alpha value is -2.76. The van der Waals surface area contributed by atoms with Crippen molar-refractivity contribution in [2.24, 2.45) is 0 Å². The fourth-order valence-electron chi connectivity index (χ4n) is 3.26. The Bertz CT molecular complexity index is 814. The van der Waals surface area contributed by atoms with Crippen molar-refractivity contribution in [2.75, 3.05) is 33.3 Å². The molecule has 27 heavy (non-hydrogen) atoms. The molecule has 2 aromatic rings. The van der Waals surface area contributed by atoms with Crippen molar-refractivity contribution in [1.82, 2.24) is 14.8 Å². The summed E-state index contributed by atoms with van der Waals surface area (Å²) in [6, 6.07) is 9.36. The normalized spacial score (nSPS) is 15.0. The van der Waals surface area contributed by atoms with Crippen LogP contribution in [0.15, 0.2) is 36.5 Å². The monoisotopic (exact) mass is 369 g/mol. The lowest BCUT2D eigenvalue weighted by Crippen LogP contribution is -2.50. The number of aromatic nitrogens is 1. The molecule has 0 spiro atoms. The number of aromatic amines is 1. The van der Waals surface area contributed by atoms with Crippen LogP contribution < -0.4 is 4.74 Å². The summed E-state index contributed by atoms with van der Waals surface area (Å²) in [5, 5.41) is 0. The smallest absolute Gasteiger partial charge is 0.270 e. The Balaban J connectivity index is 1.73. The summed E-state index contributed by atoms with van der Waals surface area (Å²) in [6.45, 7) is 8.41. The molecule has 0 aliphatic carbocycles. The van der Waals surface area contributed by atoms with Crippen LogP contribution in [0, 0.1) is 0 Å². The van der Waals surface area contributed by atoms with Gasteiger partial charge in [-0.3, -0.25) is 9.59 Å². The molecule has 0 unspecified atom stereocenters. The third-order valence-corrected chi connectivity index (χ3v) is 4.98. The fourth-order valence-corrected chi connectivity index (χ4v) is 3.26. The van der Waals surface area contributed by atoms with Gasteiger partial charge < -0.3 is 19.5 Å². The second kappa shape index (κ2) is 7.47. The topological polar surface area (TPSA) is 65.6 Å². The molecule has 1 aliphatic heterocycles. The maximum atomic E-state index is 13.1. The van der Waals surface area contributed by atoms with Crippen LogP contribution in [0.1, 0.15) is 47.2 Å². The maximum Gasteiger partial charge on any atom is 0.270 e. The number of nitrogens with one attached hydrogen (secondary N) is 1. The van der Waals surface area contributed by atoms with E-state index < -0.39 is 0 Å². The number of nitrogens with zero attached hydrogens (tertiary/aromatic N) is 2. The number of methoxy groups -OCH3 is 1. The van der Waals surface area contributed by atoms with Crippen LogP contribution >= 0.6 is 0 Å². The SMILES string of the molecule is COc1ccc(C(C)(C)C)cc1C(=O)N1CCN(C(=O)c2ccc[nH]2)CC1. The summed E-state index contributed by atoms with van der Waals surface area (Å²) >= 11 is 0. The highest BCUT2D eigenvalue weighted by Gasteiger charge is 2.28. The minimum absolute atomic E-state index is 0.0283. The van der Waals surface area contributed by atoms with Crippen LogP contribution in [0.4, 0.5) is 0 Å². The molecule has 2 amide bonds. The van der Waals surface area contributed by atoms with E-state index in [1.807, 2.05) is 24.3 Å². The third kappa shape index (κ3) is 3.99. The fraction of sp³-hybridized carbons (Fsp3) is 0.429. The molecule has 1 aromatic heterocycles. The zero-order valence-corrected chi connectivity index (χ0v) is 16.4. The van der Waals surface area contributed by atoms with Crippen molar-refractivity contribution in [3.8, 4) is 5.75 Å². The van der Waals surface area contributed by atoms with Crippen LogP contribution in [0.25, 0.3) is 0 Å². The number of piperazine rings is 1. The lowest BCUT2D eigenvalue weighted by Gasteiger charge is -2.35. The second-order valence-corrected chi connectivity index (χ2v) is 7.83. The van der Waals surface area contributed by atoms with Gasteiger partial charge in [-0.25, -0.2) is 0 Å². The first-order valence-corrected chi connectivity index (χ1v) is 9.21. The average Bonchev–Trinajstić information content (AvgIpc) is 3.20. The van der Waals surface area contributed by atoms with Gasteiger partial charge in [-0.1, -0.05) is 26.8 Å². The molecule has 6 nitrogen and oxygen atoms in total. The molecule has 1 saturated heterocycles. The second-order valence-electron chi connectivity index (χ2n) is 7.83. The number of carbonyl (C=O) groups excluding carboxylic acids is 2. The number of amides is 2. The van der Waals surface area contributed by atoms with E-state index in [1.54, 1.807) is 29.2 Å². The summed E-state index contributed by atoms with van der Waals surface area (Å²) < 4.78 is 5.42. The summed E-state index contributed by atoms with van der Waals surface area (Å²) in [6.07, 6.45) is 1.74. The van der Waals surface area contributed by atoms with E-state index in [0.29, 0.717) is 43.2 Å². The number of rotatable bonds is 3. The van der Waals surface area contributed by atoms with E-state index in [9.17, 15) is 9.59 Å². The molecule has 6 heteroatoms. The summed E-state index contributed by atoms with van der Waals surface area (Å²) in [5.41, 5.74) is 2.19. The first-order chi connectivity index (χ1) is 12.8. The third-order valence-electron chi connectivity index (χ3n) is 4.98. The Kier molecular flexibility index (Phi) is 5.26. The van der Waals surface area contributed by atoms with Gasteiger partial charge in [0.25, 0.3) is 11.8 Å². The molecule has 144 valence electrons. The Morgan fingerprint density at radius 1 is 1.00 bits per heavy atom. The van der Waals surface area contributed by atoms with Crippen molar-refractivity contribution in [3.63, 3.8) is 0 Å². The lowest BCUT2D eigenvalue weighted by molar-refractivity contribution is 0.0530. The van der Waals surface area contributed by atoms with E-state index in [1.165, 1.54) is 0 Å². The van der Waals surface area contributed by atoms with Gasteiger partial charge in [0.05, 0.1) is 12.7 Å². The van der Waals surface area contributed by atoms with Crippen molar-refractivity contribution < 1.29 is 14.3 Å². The van der Waals surface area contributed by atoms with E-state index in [0.717, 1.165) is 5.56 Å². The molecule has 0 radical (unpaired) electrons. The van der Waals surface area contributed by atoms with Gasteiger partial charge in [-0.05, 0) is 35.2 Å². The van der Waals surface area contributed by atoms with Gasteiger partial charge in [-0.2, -0.15) is 0 Å². The van der Waals surface area contributed by atoms with Crippen molar-refractivity contribution in [1.29, 1.82) is 0 Å². The Morgan fingerprint density at radius 2 is 1.63 bits per heavy atom. The molecule has 1 aliphatic rings. The Labute approximate surface area is 160 Å². The van der Waals surface area contributed by atoms with Gasteiger partial charge in [0.1, 0.15) is 11.4 Å². The van der Waals surface area contributed by atoms with Crippen molar-refractivity contribution >= 4 is 11.8 Å². The molecule has 3 rings (SSSR count). The van der Waals surface area contributed by atoms with Crippen LogP contribution in [0.3, 0.4) is 0 Å².